The average molecular weight is 642 g/mol. The highest BCUT2D eigenvalue weighted by Gasteiger charge is 2.15. The lowest BCUT2D eigenvalue weighted by Crippen LogP contribution is -2.38. The number of anilines is 1. The van der Waals surface area contributed by atoms with Crippen LogP contribution in [0.15, 0.2) is 58.1 Å². The van der Waals surface area contributed by atoms with Crippen LogP contribution >= 0.6 is 15.9 Å². The molecule has 11 nitrogen and oxygen atoms in total. The van der Waals surface area contributed by atoms with Crippen molar-refractivity contribution >= 4 is 45.6 Å². The summed E-state index contributed by atoms with van der Waals surface area (Å²) in [5.74, 6) is -0.231. The standard InChI is InChI=1S/C30H33BrN4O7/c1-18-10-19(2)12-22(11-18)34-27(36)17-42-28-23(31)13-21(15-26(28)41-5)16-33-35-30(38)29(37)32-9-8-20-6-7-24(39-3)25(14-20)40-4/h6-7,10-16H,8-9,17H2,1-5H3,(H,32,37)(H,34,36)(H,35,38)/b33-16-. The highest BCUT2D eigenvalue weighted by Crippen LogP contribution is 2.36. The minimum Gasteiger partial charge on any atom is -0.493 e. The highest BCUT2D eigenvalue weighted by molar-refractivity contribution is 9.10. The van der Waals surface area contributed by atoms with Crippen molar-refractivity contribution < 1.29 is 33.3 Å². The molecule has 0 saturated heterocycles. The topological polar surface area (TPSA) is 137 Å². The normalized spacial score (nSPS) is 10.6. The maximum atomic E-state index is 12.4. The van der Waals surface area contributed by atoms with Crippen molar-refractivity contribution in [2.24, 2.45) is 5.10 Å². The minimum atomic E-state index is -0.917. The summed E-state index contributed by atoms with van der Waals surface area (Å²) in [7, 11) is 4.55. The van der Waals surface area contributed by atoms with Gasteiger partial charge in [-0.15, -0.1) is 0 Å². The average Bonchev–Trinajstić information content (AvgIpc) is 2.95. The number of hydrogen-bond acceptors (Lipinski definition) is 8. The number of nitrogens with one attached hydrogen (secondary N) is 3. The fourth-order valence-electron chi connectivity index (χ4n) is 3.99. The number of hydrazone groups is 1. The van der Waals surface area contributed by atoms with Gasteiger partial charge in [0.1, 0.15) is 0 Å². The number of carbonyl (C=O) groups is 3. The van der Waals surface area contributed by atoms with Gasteiger partial charge in [0.25, 0.3) is 5.91 Å². The molecule has 0 aliphatic rings. The van der Waals surface area contributed by atoms with E-state index in [1.165, 1.54) is 13.3 Å². The molecular formula is C30H33BrN4O7. The van der Waals surface area contributed by atoms with E-state index in [9.17, 15) is 14.4 Å². The number of amides is 3. The summed E-state index contributed by atoms with van der Waals surface area (Å²) in [6.07, 6.45) is 1.83. The fourth-order valence-corrected chi connectivity index (χ4v) is 4.56. The zero-order valence-corrected chi connectivity index (χ0v) is 25.6. The van der Waals surface area contributed by atoms with Crippen LogP contribution in [0.4, 0.5) is 5.69 Å². The number of nitrogens with zero attached hydrogens (tertiary/aromatic N) is 1. The second-order valence-corrected chi connectivity index (χ2v) is 10.00. The van der Waals surface area contributed by atoms with Crippen molar-refractivity contribution in [1.29, 1.82) is 0 Å². The second kappa shape index (κ2) is 15.4. The Bertz CT molecular complexity index is 1460. The number of halogens is 1. The first-order valence-corrected chi connectivity index (χ1v) is 13.6. The molecule has 0 saturated carbocycles. The Balaban J connectivity index is 1.51. The lowest BCUT2D eigenvalue weighted by atomic mass is 10.1. The third-order valence-corrected chi connectivity index (χ3v) is 6.43. The van der Waals surface area contributed by atoms with Gasteiger partial charge in [0.05, 0.1) is 32.0 Å². The van der Waals surface area contributed by atoms with Crippen molar-refractivity contribution in [3.05, 3.63) is 75.3 Å². The van der Waals surface area contributed by atoms with Crippen LogP contribution in [0.25, 0.3) is 0 Å². The molecular weight excluding hydrogens is 608 g/mol. The number of hydrogen-bond donors (Lipinski definition) is 3. The molecule has 0 aromatic heterocycles. The largest absolute Gasteiger partial charge is 0.493 e. The lowest BCUT2D eigenvalue weighted by molar-refractivity contribution is -0.139. The number of ether oxygens (including phenoxy) is 4. The Kier molecular flexibility index (Phi) is 11.7. The summed E-state index contributed by atoms with van der Waals surface area (Å²) >= 11 is 3.42. The number of benzene rings is 3. The number of carbonyl (C=O) groups excluding carboxylic acids is 3. The van der Waals surface area contributed by atoms with Crippen molar-refractivity contribution in [3.8, 4) is 23.0 Å². The number of rotatable bonds is 12. The van der Waals surface area contributed by atoms with E-state index in [1.807, 2.05) is 38.1 Å². The van der Waals surface area contributed by atoms with Crippen LogP contribution in [-0.4, -0.2) is 58.4 Å². The first-order valence-electron chi connectivity index (χ1n) is 12.8. The van der Waals surface area contributed by atoms with E-state index >= 15 is 0 Å². The van der Waals surface area contributed by atoms with Gasteiger partial charge >= 0.3 is 11.8 Å². The van der Waals surface area contributed by atoms with Gasteiger partial charge in [-0.3, -0.25) is 14.4 Å². The summed E-state index contributed by atoms with van der Waals surface area (Å²) in [6.45, 7) is 3.90. The molecule has 42 heavy (non-hydrogen) atoms. The van der Waals surface area contributed by atoms with E-state index in [1.54, 1.807) is 38.5 Å². The van der Waals surface area contributed by atoms with E-state index in [2.05, 4.69) is 37.1 Å². The number of methoxy groups -OCH3 is 3. The van der Waals surface area contributed by atoms with Crippen LogP contribution in [0.5, 0.6) is 23.0 Å². The molecule has 0 heterocycles. The summed E-state index contributed by atoms with van der Waals surface area (Å²) in [6, 6.07) is 14.5. The Morgan fingerprint density at radius 2 is 1.55 bits per heavy atom. The van der Waals surface area contributed by atoms with E-state index in [-0.39, 0.29) is 19.1 Å². The van der Waals surface area contributed by atoms with Gasteiger partial charge in [-0.1, -0.05) is 12.1 Å². The molecule has 3 rings (SSSR count). The van der Waals surface area contributed by atoms with E-state index in [0.29, 0.717) is 45.1 Å². The molecule has 0 unspecified atom stereocenters. The molecule has 3 N–H and O–H groups in total. The van der Waals surface area contributed by atoms with Gasteiger partial charge < -0.3 is 29.6 Å². The van der Waals surface area contributed by atoms with Crippen LogP contribution in [0.3, 0.4) is 0 Å². The molecule has 0 spiro atoms. The Morgan fingerprint density at radius 1 is 0.857 bits per heavy atom. The molecule has 0 bridgehead atoms. The van der Waals surface area contributed by atoms with Gasteiger partial charge in [0, 0.05) is 12.2 Å². The van der Waals surface area contributed by atoms with Crippen molar-refractivity contribution in [1.82, 2.24) is 10.7 Å². The number of aryl methyl sites for hydroxylation is 2. The van der Waals surface area contributed by atoms with Crippen molar-refractivity contribution in [3.63, 3.8) is 0 Å². The zero-order chi connectivity index (χ0) is 30.6. The molecule has 0 aliphatic heterocycles. The predicted octanol–water partition coefficient (Wildman–Crippen LogP) is 3.92. The third kappa shape index (κ3) is 9.23. The first-order chi connectivity index (χ1) is 20.1. The van der Waals surface area contributed by atoms with Crippen molar-refractivity contribution in [2.75, 3.05) is 39.8 Å². The highest BCUT2D eigenvalue weighted by atomic mass is 79.9. The molecule has 0 atom stereocenters. The Morgan fingerprint density at radius 3 is 2.21 bits per heavy atom. The van der Waals surface area contributed by atoms with Crippen LogP contribution in [0.1, 0.15) is 22.3 Å². The van der Waals surface area contributed by atoms with E-state index < -0.39 is 11.8 Å². The maximum Gasteiger partial charge on any atom is 0.329 e. The fraction of sp³-hybridized carbons (Fsp3) is 0.267. The van der Waals surface area contributed by atoms with E-state index in [4.69, 9.17) is 18.9 Å². The summed E-state index contributed by atoms with van der Waals surface area (Å²) < 4.78 is 22.1. The Hall–Kier alpha value is -4.58. The van der Waals surface area contributed by atoms with Gasteiger partial charge in [-0.2, -0.15) is 5.10 Å². The monoisotopic (exact) mass is 640 g/mol. The SMILES string of the molecule is COc1ccc(CCNC(=O)C(=O)N/N=C\c2cc(Br)c(OCC(=O)Nc3cc(C)cc(C)c3)c(OC)c2)cc1OC. The summed E-state index contributed by atoms with van der Waals surface area (Å²) in [5.41, 5.74) is 6.40. The van der Waals surface area contributed by atoms with Gasteiger partial charge in [0.15, 0.2) is 29.6 Å². The molecule has 222 valence electrons. The summed E-state index contributed by atoms with van der Waals surface area (Å²) in [5, 5.41) is 9.22. The van der Waals surface area contributed by atoms with Gasteiger partial charge in [-0.05, 0) is 94.9 Å². The lowest BCUT2D eigenvalue weighted by Gasteiger charge is -2.14. The molecule has 3 aromatic rings. The molecule has 12 heteroatoms. The molecule has 0 fully saturated rings. The Labute approximate surface area is 252 Å². The molecule has 0 aliphatic carbocycles. The van der Waals surface area contributed by atoms with E-state index in [0.717, 1.165) is 16.7 Å². The second-order valence-electron chi connectivity index (χ2n) is 9.14. The zero-order valence-electron chi connectivity index (χ0n) is 24.0. The van der Waals surface area contributed by atoms with Crippen LogP contribution < -0.4 is 35.0 Å². The maximum absolute atomic E-state index is 12.4. The van der Waals surface area contributed by atoms with Crippen molar-refractivity contribution in [2.45, 2.75) is 20.3 Å². The molecule has 3 amide bonds. The molecule has 3 aromatic carbocycles. The smallest absolute Gasteiger partial charge is 0.329 e. The van der Waals surface area contributed by atoms with Crippen LogP contribution in [-0.2, 0) is 20.8 Å². The van der Waals surface area contributed by atoms with Gasteiger partial charge in [-0.25, -0.2) is 5.43 Å². The third-order valence-electron chi connectivity index (χ3n) is 5.84. The quantitative estimate of drug-likeness (QED) is 0.155. The van der Waals surface area contributed by atoms with Gasteiger partial charge in [0.2, 0.25) is 0 Å². The molecule has 0 radical (unpaired) electrons. The van der Waals surface area contributed by atoms with Crippen LogP contribution in [0.2, 0.25) is 0 Å². The predicted molar refractivity (Wildman–Crippen MR) is 163 cm³/mol. The summed E-state index contributed by atoms with van der Waals surface area (Å²) in [4.78, 5) is 36.7. The first kappa shape index (κ1) is 31.9. The minimum absolute atomic E-state index is 0.236. The van der Waals surface area contributed by atoms with Crippen LogP contribution in [0, 0.1) is 13.8 Å².